The molecule has 0 heterocycles. The SMILES string of the molecule is CCC(CC)(CCl)CNS(=O)(=O)c1ccc(Cl)c(Br)c1. The van der Waals surface area contributed by atoms with Gasteiger partial charge in [-0.1, -0.05) is 25.4 Å². The number of halogens is 3. The normalized spacial score (nSPS) is 12.7. The van der Waals surface area contributed by atoms with Crippen LogP contribution in [0.15, 0.2) is 27.6 Å². The molecule has 0 aliphatic rings. The molecule has 114 valence electrons. The predicted octanol–water partition coefficient (Wildman–Crippen LogP) is 4.43. The van der Waals surface area contributed by atoms with Crippen LogP contribution >= 0.6 is 39.1 Å². The Morgan fingerprint density at radius 3 is 2.35 bits per heavy atom. The number of nitrogens with one attached hydrogen (secondary N) is 1. The molecule has 0 saturated carbocycles. The Hall–Kier alpha value is 0.190. The van der Waals surface area contributed by atoms with Gasteiger partial charge in [0.15, 0.2) is 0 Å². The van der Waals surface area contributed by atoms with Crippen LogP contribution in [0.5, 0.6) is 0 Å². The van der Waals surface area contributed by atoms with Crippen molar-refractivity contribution in [2.45, 2.75) is 31.6 Å². The molecule has 0 saturated heterocycles. The van der Waals surface area contributed by atoms with Crippen molar-refractivity contribution in [3.05, 3.63) is 27.7 Å². The van der Waals surface area contributed by atoms with Crippen molar-refractivity contribution in [2.24, 2.45) is 5.41 Å². The zero-order chi connectivity index (χ0) is 15.4. The van der Waals surface area contributed by atoms with Gasteiger partial charge in [-0.3, -0.25) is 0 Å². The second-order valence-electron chi connectivity index (χ2n) is 4.74. The van der Waals surface area contributed by atoms with Crippen molar-refractivity contribution < 1.29 is 8.42 Å². The molecule has 0 bridgehead atoms. The highest BCUT2D eigenvalue weighted by molar-refractivity contribution is 9.10. The van der Waals surface area contributed by atoms with Crippen LogP contribution in [-0.2, 0) is 10.0 Å². The van der Waals surface area contributed by atoms with E-state index in [4.69, 9.17) is 23.2 Å². The zero-order valence-corrected chi connectivity index (χ0v) is 15.3. The van der Waals surface area contributed by atoms with Crippen LogP contribution in [0.3, 0.4) is 0 Å². The Kier molecular flexibility index (Phi) is 6.80. The first-order valence-corrected chi connectivity index (χ1v) is 9.50. The standard InChI is InChI=1S/C13H18BrCl2NO2S/c1-3-13(4-2,8-15)9-17-20(18,19)10-5-6-12(16)11(14)7-10/h5-7,17H,3-4,8-9H2,1-2H3. The van der Waals surface area contributed by atoms with Crippen LogP contribution in [0.25, 0.3) is 0 Å². The second kappa shape index (κ2) is 7.45. The van der Waals surface area contributed by atoms with Gasteiger partial charge in [0.1, 0.15) is 0 Å². The summed E-state index contributed by atoms with van der Waals surface area (Å²) in [7, 11) is -3.56. The van der Waals surface area contributed by atoms with Gasteiger partial charge in [-0.2, -0.15) is 0 Å². The van der Waals surface area contributed by atoms with Gasteiger partial charge in [0, 0.05) is 16.9 Å². The number of hydrogen-bond donors (Lipinski definition) is 1. The van der Waals surface area contributed by atoms with E-state index in [-0.39, 0.29) is 10.3 Å². The van der Waals surface area contributed by atoms with Crippen LogP contribution in [0.2, 0.25) is 5.02 Å². The predicted molar refractivity (Wildman–Crippen MR) is 88.1 cm³/mol. The summed E-state index contributed by atoms with van der Waals surface area (Å²) in [5.41, 5.74) is -0.210. The van der Waals surface area contributed by atoms with Gasteiger partial charge in [-0.25, -0.2) is 13.1 Å². The molecule has 0 unspecified atom stereocenters. The van der Waals surface area contributed by atoms with Gasteiger partial charge in [0.25, 0.3) is 0 Å². The number of hydrogen-bond acceptors (Lipinski definition) is 2. The quantitative estimate of drug-likeness (QED) is 0.685. The van der Waals surface area contributed by atoms with E-state index in [0.29, 0.717) is 21.9 Å². The van der Waals surface area contributed by atoms with Gasteiger partial charge in [0.05, 0.1) is 9.92 Å². The number of sulfonamides is 1. The molecule has 0 fully saturated rings. The van der Waals surface area contributed by atoms with Gasteiger partial charge in [-0.05, 0) is 52.4 Å². The van der Waals surface area contributed by atoms with E-state index < -0.39 is 10.0 Å². The summed E-state index contributed by atoms with van der Waals surface area (Å²) in [5, 5.41) is 0.473. The molecule has 3 nitrogen and oxygen atoms in total. The van der Waals surface area contributed by atoms with E-state index in [1.54, 1.807) is 6.07 Å². The highest BCUT2D eigenvalue weighted by Crippen LogP contribution is 2.29. The first kappa shape index (κ1) is 18.2. The van der Waals surface area contributed by atoms with Crippen LogP contribution in [-0.4, -0.2) is 20.8 Å². The number of benzene rings is 1. The third-order valence-electron chi connectivity index (χ3n) is 3.62. The van der Waals surface area contributed by atoms with Crippen molar-refractivity contribution in [1.29, 1.82) is 0 Å². The topological polar surface area (TPSA) is 46.2 Å². The van der Waals surface area contributed by atoms with Crippen LogP contribution < -0.4 is 4.72 Å². The van der Waals surface area contributed by atoms with E-state index in [2.05, 4.69) is 20.7 Å². The summed E-state index contributed by atoms with van der Waals surface area (Å²) in [6, 6.07) is 4.52. The highest BCUT2D eigenvalue weighted by Gasteiger charge is 2.27. The third-order valence-corrected chi connectivity index (χ3v) is 6.80. The maximum absolute atomic E-state index is 12.3. The summed E-state index contributed by atoms with van der Waals surface area (Å²) < 4.78 is 27.7. The molecule has 1 aromatic rings. The summed E-state index contributed by atoms with van der Waals surface area (Å²) in [4.78, 5) is 0.185. The molecule has 0 aliphatic carbocycles. The lowest BCUT2D eigenvalue weighted by Crippen LogP contribution is -2.38. The van der Waals surface area contributed by atoms with Gasteiger partial charge < -0.3 is 0 Å². The Morgan fingerprint density at radius 2 is 1.90 bits per heavy atom. The van der Waals surface area contributed by atoms with Crippen LogP contribution in [0.1, 0.15) is 26.7 Å². The minimum Gasteiger partial charge on any atom is -0.211 e. The van der Waals surface area contributed by atoms with Crippen molar-refractivity contribution >= 4 is 49.2 Å². The van der Waals surface area contributed by atoms with Crippen LogP contribution in [0, 0.1) is 5.41 Å². The Balaban J connectivity index is 2.92. The molecule has 7 heteroatoms. The van der Waals surface area contributed by atoms with E-state index in [1.807, 2.05) is 13.8 Å². The molecule has 1 N–H and O–H groups in total. The summed E-state index contributed by atoms with van der Waals surface area (Å²) in [6.45, 7) is 4.35. The van der Waals surface area contributed by atoms with E-state index in [1.165, 1.54) is 12.1 Å². The monoisotopic (exact) mass is 401 g/mol. The van der Waals surface area contributed by atoms with Crippen molar-refractivity contribution in [1.82, 2.24) is 4.72 Å². The molecule has 1 rings (SSSR count). The number of alkyl halides is 1. The summed E-state index contributed by atoms with van der Waals surface area (Å²) in [5.74, 6) is 0.423. The first-order chi connectivity index (χ1) is 9.30. The molecular weight excluding hydrogens is 385 g/mol. The molecule has 1 aromatic carbocycles. The largest absolute Gasteiger partial charge is 0.240 e. The Bertz CT molecular complexity index is 551. The lowest BCUT2D eigenvalue weighted by molar-refractivity contribution is 0.304. The van der Waals surface area contributed by atoms with Gasteiger partial charge in [-0.15, -0.1) is 11.6 Å². The summed E-state index contributed by atoms with van der Waals surface area (Å²) in [6.07, 6.45) is 1.64. The maximum Gasteiger partial charge on any atom is 0.240 e. The first-order valence-electron chi connectivity index (χ1n) is 6.31. The van der Waals surface area contributed by atoms with Crippen molar-refractivity contribution in [2.75, 3.05) is 12.4 Å². The Morgan fingerprint density at radius 1 is 1.30 bits per heavy atom. The fourth-order valence-corrected chi connectivity index (χ4v) is 4.02. The van der Waals surface area contributed by atoms with Gasteiger partial charge >= 0.3 is 0 Å². The average Bonchev–Trinajstić information content (AvgIpc) is 2.44. The zero-order valence-electron chi connectivity index (χ0n) is 11.4. The molecule has 0 amide bonds. The van der Waals surface area contributed by atoms with Gasteiger partial charge in [0.2, 0.25) is 10.0 Å². The highest BCUT2D eigenvalue weighted by atomic mass is 79.9. The smallest absolute Gasteiger partial charge is 0.211 e. The van der Waals surface area contributed by atoms with E-state index in [9.17, 15) is 8.42 Å². The van der Waals surface area contributed by atoms with E-state index in [0.717, 1.165) is 12.8 Å². The molecule has 20 heavy (non-hydrogen) atoms. The second-order valence-corrected chi connectivity index (χ2v) is 8.04. The van der Waals surface area contributed by atoms with Crippen molar-refractivity contribution in [3.63, 3.8) is 0 Å². The lowest BCUT2D eigenvalue weighted by atomic mass is 9.85. The number of rotatable bonds is 7. The molecule has 0 spiro atoms. The molecular formula is C13H18BrCl2NO2S. The van der Waals surface area contributed by atoms with Crippen LogP contribution in [0.4, 0.5) is 0 Å². The minimum atomic E-state index is -3.56. The lowest BCUT2D eigenvalue weighted by Gasteiger charge is -2.29. The molecule has 0 aliphatic heterocycles. The van der Waals surface area contributed by atoms with E-state index >= 15 is 0 Å². The Labute approximate surface area is 139 Å². The minimum absolute atomic E-state index is 0.185. The fraction of sp³-hybridized carbons (Fsp3) is 0.538. The molecule has 0 aromatic heterocycles. The molecule has 0 radical (unpaired) electrons. The third kappa shape index (κ3) is 4.34. The maximum atomic E-state index is 12.3. The average molecular weight is 403 g/mol. The van der Waals surface area contributed by atoms with Crippen molar-refractivity contribution in [3.8, 4) is 0 Å². The molecule has 0 atom stereocenters. The fourth-order valence-electron chi connectivity index (χ4n) is 1.71. The summed E-state index contributed by atoms with van der Waals surface area (Å²) >= 11 is 15.1.